The van der Waals surface area contributed by atoms with Crippen LogP contribution in [0.1, 0.15) is 52.7 Å². The molecule has 4 rings (SSSR count). The lowest BCUT2D eigenvalue weighted by Gasteiger charge is -2.40. The first-order valence-corrected chi connectivity index (χ1v) is 15.9. The Morgan fingerprint density at radius 3 is 2.63 bits per heavy atom. The molecule has 2 aromatic rings. The van der Waals surface area contributed by atoms with Crippen molar-refractivity contribution in [3.05, 3.63) is 16.1 Å². The Balaban J connectivity index is 1.74. The third-order valence-electron chi connectivity index (χ3n) is 7.96. The molecular formula is C23H34FIN4O5Si. The molecule has 0 radical (unpaired) electrons. The van der Waals surface area contributed by atoms with Crippen molar-refractivity contribution in [2.24, 2.45) is 5.92 Å². The van der Waals surface area contributed by atoms with E-state index < -0.39 is 44.5 Å². The quantitative estimate of drug-likeness (QED) is 0.247. The van der Waals surface area contributed by atoms with Gasteiger partial charge in [0.1, 0.15) is 23.4 Å². The molecule has 4 atom stereocenters. The summed E-state index contributed by atoms with van der Waals surface area (Å²) in [6.45, 7) is 10.8. The molecule has 1 aliphatic carbocycles. The van der Waals surface area contributed by atoms with Crippen molar-refractivity contribution >= 4 is 53.9 Å². The van der Waals surface area contributed by atoms with Crippen molar-refractivity contribution in [3.63, 3.8) is 0 Å². The fourth-order valence-corrected chi connectivity index (χ4v) is 6.96. The molecule has 1 saturated carbocycles. The van der Waals surface area contributed by atoms with Crippen LogP contribution >= 0.6 is 22.6 Å². The summed E-state index contributed by atoms with van der Waals surface area (Å²) in [5, 5.41) is 10.1. The number of carboxylic acid groups (broad SMARTS) is 1. The first kappa shape index (κ1) is 26.5. The highest BCUT2D eigenvalue weighted by atomic mass is 127. The summed E-state index contributed by atoms with van der Waals surface area (Å²) in [6, 6.07) is 0. The first-order chi connectivity index (χ1) is 16.3. The number of nitrogens with zero attached hydrogens (tertiary/aromatic N) is 3. The third kappa shape index (κ3) is 4.78. The van der Waals surface area contributed by atoms with E-state index in [9.17, 15) is 9.90 Å². The van der Waals surface area contributed by atoms with E-state index in [-0.39, 0.29) is 11.6 Å². The second-order valence-corrected chi connectivity index (χ2v) is 17.1. The van der Waals surface area contributed by atoms with E-state index in [1.807, 2.05) is 0 Å². The van der Waals surface area contributed by atoms with Crippen LogP contribution in [-0.4, -0.2) is 58.6 Å². The zero-order valence-electron chi connectivity index (χ0n) is 20.8. The Bertz CT molecular complexity index is 1100. The van der Waals surface area contributed by atoms with Gasteiger partial charge in [-0.2, -0.15) is 0 Å². The van der Waals surface area contributed by atoms with Crippen LogP contribution < -0.4 is 5.73 Å². The van der Waals surface area contributed by atoms with Crippen LogP contribution in [0.15, 0.2) is 12.5 Å². The zero-order valence-corrected chi connectivity index (χ0v) is 23.9. The molecule has 3 heterocycles. The Hall–Kier alpha value is -1.51. The standard InChI is InChI=1S/C23H34FIN4O5Si/c1-22(2,3)35(4,5)32-11-14-16(23(34-21(30)31)8-6-7-9-23)17(24)20(33-14)29-10-13(25)15-18(26)27-12-28-19(15)29/h10,12,14,16-17,20H,6-9,11H2,1-5H3,(H,30,31)(H2,26,27,28)/t14-,16-,17-,20+/m0/s1. The summed E-state index contributed by atoms with van der Waals surface area (Å²) in [5.74, 6) is -0.507. The topological polar surface area (TPSA) is 122 Å². The van der Waals surface area contributed by atoms with E-state index in [1.54, 1.807) is 10.8 Å². The number of rotatable bonds is 6. The predicted octanol–water partition coefficient (Wildman–Crippen LogP) is 5.50. The maximum Gasteiger partial charge on any atom is 0.506 e. The minimum atomic E-state index is -2.17. The van der Waals surface area contributed by atoms with Crippen LogP contribution in [0.4, 0.5) is 15.0 Å². The van der Waals surface area contributed by atoms with Gasteiger partial charge in [0.15, 0.2) is 20.7 Å². The number of alkyl halides is 1. The highest BCUT2D eigenvalue weighted by Gasteiger charge is 2.59. The van der Waals surface area contributed by atoms with E-state index in [0.29, 0.717) is 29.7 Å². The SMILES string of the molecule is CC(C)(C)[Si](C)(C)OC[C@@H]1O[C@@H](n2cc(I)c3c(N)ncnc32)[C@@H](F)[C@H]1C1(OC(=O)O)CCCC1. The highest BCUT2D eigenvalue weighted by molar-refractivity contribution is 14.1. The van der Waals surface area contributed by atoms with E-state index >= 15 is 4.39 Å². The molecule has 1 aliphatic heterocycles. The lowest BCUT2D eigenvalue weighted by Crippen LogP contribution is -2.50. The maximum absolute atomic E-state index is 16.5. The predicted molar refractivity (Wildman–Crippen MR) is 140 cm³/mol. The number of ether oxygens (including phenoxy) is 2. The van der Waals surface area contributed by atoms with Crippen molar-refractivity contribution in [2.45, 2.75) is 88.7 Å². The van der Waals surface area contributed by atoms with Crippen LogP contribution in [0, 0.1) is 9.49 Å². The summed E-state index contributed by atoms with van der Waals surface area (Å²) in [7, 11) is -2.17. The molecule has 2 aliphatic rings. The van der Waals surface area contributed by atoms with Gasteiger partial charge in [0.05, 0.1) is 24.0 Å². The summed E-state index contributed by atoms with van der Waals surface area (Å²) in [5.41, 5.74) is 5.38. The van der Waals surface area contributed by atoms with Gasteiger partial charge in [-0.1, -0.05) is 20.8 Å². The van der Waals surface area contributed by atoms with Crippen molar-refractivity contribution in [1.82, 2.24) is 14.5 Å². The lowest BCUT2D eigenvalue weighted by molar-refractivity contribution is -0.0918. The molecule has 9 nitrogen and oxygen atoms in total. The number of halogens is 2. The van der Waals surface area contributed by atoms with E-state index in [1.165, 1.54) is 6.33 Å². The molecule has 3 N–H and O–H groups in total. The molecule has 0 spiro atoms. The minimum absolute atomic E-state index is 0.0422. The lowest BCUT2D eigenvalue weighted by atomic mass is 9.79. The van der Waals surface area contributed by atoms with Crippen molar-refractivity contribution < 1.29 is 28.2 Å². The summed E-state index contributed by atoms with van der Waals surface area (Å²) < 4.78 is 37.2. The van der Waals surface area contributed by atoms with Crippen molar-refractivity contribution in [2.75, 3.05) is 12.3 Å². The molecule has 0 bridgehead atoms. The van der Waals surface area contributed by atoms with Gasteiger partial charge in [0.2, 0.25) is 0 Å². The van der Waals surface area contributed by atoms with Gasteiger partial charge in [0, 0.05) is 9.77 Å². The first-order valence-electron chi connectivity index (χ1n) is 11.9. The number of aromatic nitrogens is 3. The van der Waals surface area contributed by atoms with Gasteiger partial charge in [-0.05, 0) is 66.4 Å². The maximum atomic E-state index is 16.5. The van der Waals surface area contributed by atoms with Crippen LogP contribution in [0.3, 0.4) is 0 Å². The van der Waals surface area contributed by atoms with Crippen LogP contribution in [0.5, 0.6) is 0 Å². The molecule has 0 amide bonds. The van der Waals surface area contributed by atoms with E-state index in [0.717, 1.165) is 16.4 Å². The van der Waals surface area contributed by atoms with Crippen LogP contribution in [0.2, 0.25) is 18.1 Å². The van der Waals surface area contributed by atoms with Crippen molar-refractivity contribution in [3.8, 4) is 0 Å². The molecule has 12 heteroatoms. The Morgan fingerprint density at radius 2 is 2.03 bits per heavy atom. The summed E-state index contributed by atoms with van der Waals surface area (Å²) >= 11 is 2.12. The summed E-state index contributed by atoms with van der Waals surface area (Å²) in [6.07, 6.45) is 0.896. The number of fused-ring (bicyclic) bond motifs is 1. The Labute approximate surface area is 219 Å². The van der Waals surface area contributed by atoms with E-state index in [4.69, 9.17) is 19.6 Å². The summed E-state index contributed by atoms with van der Waals surface area (Å²) in [4.78, 5) is 20.1. The third-order valence-corrected chi connectivity index (χ3v) is 13.3. The van der Waals surface area contributed by atoms with Gasteiger partial charge in [-0.15, -0.1) is 0 Å². The van der Waals surface area contributed by atoms with Gasteiger partial charge in [-0.3, -0.25) is 0 Å². The molecule has 0 aromatic carbocycles. The van der Waals surface area contributed by atoms with Gasteiger partial charge in [0.25, 0.3) is 0 Å². The second-order valence-electron chi connectivity index (χ2n) is 11.1. The monoisotopic (exact) mass is 620 g/mol. The van der Waals surface area contributed by atoms with Gasteiger partial charge < -0.3 is 29.3 Å². The highest BCUT2D eigenvalue weighted by Crippen LogP contribution is 2.51. The molecular weight excluding hydrogens is 586 g/mol. The molecule has 2 aromatic heterocycles. The average molecular weight is 621 g/mol. The number of carbonyl (C=O) groups is 1. The normalized spacial score (nSPS) is 26.9. The minimum Gasteiger partial charge on any atom is -0.450 e. The molecule has 1 saturated heterocycles. The largest absolute Gasteiger partial charge is 0.506 e. The van der Waals surface area contributed by atoms with E-state index in [2.05, 4.69) is 66.4 Å². The number of nitrogens with two attached hydrogens (primary N) is 1. The fourth-order valence-electron chi connectivity index (χ4n) is 5.13. The number of hydrogen-bond donors (Lipinski definition) is 2. The second kappa shape index (κ2) is 9.42. The molecule has 194 valence electrons. The number of anilines is 1. The van der Waals surface area contributed by atoms with Gasteiger partial charge in [-0.25, -0.2) is 19.2 Å². The molecule has 0 unspecified atom stereocenters. The molecule has 2 fully saturated rings. The molecule has 35 heavy (non-hydrogen) atoms. The van der Waals surface area contributed by atoms with Crippen molar-refractivity contribution in [1.29, 1.82) is 0 Å². The number of hydrogen-bond acceptors (Lipinski definition) is 7. The Morgan fingerprint density at radius 1 is 1.37 bits per heavy atom. The van der Waals surface area contributed by atoms with Crippen LogP contribution in [0.25, 0.3) is 11.0 Å². The smallest absolute Gasteiger partial charge is 0.450 e. The number of nitrogen functional groups attached to an aromatic ring is 1. The van der Waals surface area contributed by atoms with Crippen LogP contribution in [-0.2, 0) is 13.9 Å². The van der Waals surface area contributed by atoms with Gasteiger partial charge >= 0.3 is 6.16 Å². The fraction of sp³-hybridized carbons (Fsp3) is 0.696. The Kier molecular flexibility index (Phi) is 7.14. The average Bonchev–Trinajstić information content (AvgIpc) is 3.42. The zero-order chi connectivity index (χ0) is 25.8.